The zero-order chi connectivity index (χ0) is 27.4. The molecule has 1 saturated carbocycles. The molecular weight excluding hydrogens is 511 g/mol. The fourth-order valence-corrected chi connectivity index (χ4v) is 4.64. The van der Waals surface area contributed by atoms with Crippen molar-refractivity contribution < 1.29 is 42.1 Å². The van der Waals surface area contributed by atoms with Crippen LogP contribution in [0.2, 0.25) is 0 Å². The highest BCUT2D eigenvalue weighted by Gasteiger charge is 2.83. The van der Waals surface area contributed by atoms with Crippen molar-refractivity contribution in [3.05, 3.63) is 34.5 Å². The zero-order valence-electron chi connectivity index (χ0n) is 20.7. The number of nitrogens with two attached hydrogens (primary N) is 1. The number of amides is 1. The van der Waals surface area contributed by atoms with Crippen LogP contribution in [0.4, 0.5) is 15.0 Å². The fraction of sp³-hybridized carbons (Fsp3) is 0.545. The molecule has 38 heavy (non-hydrogen) atoms. The topological polar surface area (TPSA) is 198 Å². The molecule has 204 valence electrons. The Morgan fingerprint density at radius 3 is 2.79 bits per heavy atom. The van der Waals surface area contributed by atoms with Crippen molar-refractivity contribution in [3.8, 4) is 0 Å². The number of hydrogen-bond acceptors (Lipinski definition) is 13. The van der Waals surface area contributed by atoms with Gasteiger partial charge in [0, 0.05) is 26.4 Å². The van der Waals surface area contributed by atoms with Crippen molar-refractivity contribution in [3.63, 3.8) is 0 Å². The van der Waals surface area contributed by atoms with E-state index < -0.39 is 47.5 Å². The molecule has 0 bridgehead atoms. The molecule has 4 heterocycles. The van der Waals surface area contributed by atoms with E-state index >= 15 is 0 Å². The maximum atomic E-state index is 13.7. The number of esters is 1. The monoisotopic (exact) mass is 536 g/mol. The number of carbonyl (C=O) groups excluding carboxylic acids is 2. The summed E-state index contributed by atoms with van der Waals surface area (Å²) in [6.45, 7) is 3.03. The van der Waals surface area contributed by atoms with Crippen LogP contribution < -0.4 is 11.6 Å². The Labute approximate surface area is 213 Å². The van der Waals surface area contributed by atoms with E-state index in [2.05, 4.69) is 15.0 Å². The molecule has 2 aliphatic rings. The Bertz CT molecular complexity index is 1450. The Kier molecular flexibility index (Phi) is 6.10. The van der Waals surface area contributed by atoms with E-state index in [4.69, 9.17) is 28.8 Å². The van der Waals surface area contributed by atoms with E-state index in [0.717, 1.165) is 0 Å². The molecule has 2 fully saturated rings. The summed E-state index contributed by atoms with van der Waals surface area (Å²) in [7, 11) is 1.49. The number of hydrogen-bond donors (Lipinski definition) is 2. The molecule has 3 aromatic rings. The first kappa shape index (κ1) is 25.6. The molecule has 5 rings (SSSR count). The van der Waals surface area contributed by atoms with Gasteiger partial charge in [-0.1, -0.05) is 0 Å². The largest absolute Gasteiger partial charge is 0.519 e. The molecule has 4 atom stereocenters. The predicted octanol–water partition coefficient (Wildman–Crippen LogP) is 0.785. The number of ether oxygens (including phenoxy) is 3. The van der Waals surface area contributed by atoms with Gasteiger partial charge in [0.2, 0.25) is 0 Å². The van der Waals surface area contributed by atoms with Crippen molar-refractivity contribution in [2.24, 2.45) is 0 Å². The van der Waals surface area contributed by atoms with Gasteiger partial charge in [0.25, 0.3) is 0 Å². The second-order valence-corrected chi connectivity index (χ2v) is 9.39. The van der Waals surface area contributed by atoms with Crippen molar-refractivity contribution in [1.29, 1.82) is 0 Å². The highest BCUT2D eigenvalue weighted by molar-refractivity contribution is 5.81. The molecule has 1 saturated heterocycles. The van der Waals surface area contributed by atoms with Crippen LogP contribution in [-0.2, 0) is 25.6 Å². The fourth-order valence-electron chi connectivity index (χ4n) is 4.64. The van der Waals surface area contributed by atoms with Crippen LogP contribution in [0.15, 0.2) is 20.0 Å². The Balaban J connectivity index is 1.09. The SMILES string of the molecule is Cc1oc(=O)oc1COC(=O)N(C)CCCC(=O)OC1[C@]2(O)C[C@H](n3cnc4c(N)nc(F)nc43)O[C@]12C. The summed E-state index contributed by atoms with van der Waals surface area (Å²) in [4.78, 5) is 48.1. The van der Waals surface area contributed by atoms with Gasteiger partial charge in [-0.15, -0.1) is 0 Å². The maximum absolute atomic E-state index is 13.7. The molecule has 1 aliphatic carbocycles. The predicted molar refractivity (Wildman–Crippen MR) is 122 cm³/mol. The number of rotatable bonds is 8. The normalized spacial score (nSPS) is 25.8. The second kappa shape index (κ2) is 9.05. The molecular formula is C22H25FN6O9. The van der Waals surface area contributed by atoms with Crippen molar-refractivity contribution in [2.75, 3.05) is 19.3 Å². The van der Waals surface area contributed by atoms with E-state index in [9.17, 15) is 23.9 Å². The van der Waals surface area contributed by atoms with Crippen molar-refractivity contribution in [1.82, 2.24) is 24.4 Å². The first-order chi connectivity index (χ1) is 17.9. The molecule has 1 amide bonds. The van der Waals surface area contributed by atoms with Gasteiger partial charge in [-0.25, -0.2) is 14.6 Å². The summed E-state index contributed by atoms with van der Waals surface area (Å²) >= 11 is 0. The van der Waals surface area contributed by atoms with E-state index in [1.165, 1.54) is 29.8 Å². The van der Waals surface area contributed by atoms with Gasteiger partial charge in [0.05, 0.1) is 6.33 Å². The number of anilines is 1. The molecule has 1 unspecified atom stereocenters. The maximum Gasteiger partial charge on any atom is 0.519 e. The number of halogens is 1. The molecule has 16 heteroatoms. The number of aliphatic hydroxyl groups is 1. The Hall–Kier alpha value is -4.05. The van der Waals surface area contributed by atoms with Gasteiger partial charge < -0.3 is 38.8 Å². The van der Waals surface area contributed by atoms with Gasteiger partial charge in [-0.3, -0.25) is 9.36 Å². The number of nitrogens with zero attached hydrogens (tertiary/aromatic N) is 5. The molecule has 15 nitrogen and oxygen atoms in total. The lowest BCUT2D eigenvalue weighted by Gasteiger charge is -2.20. The summed E-state index contributed by atoms with van der Waals surface area (Å²) in [6, 6.07) is 0. The number of nitrogen functional groups attached to an aromatic ring is 1. The van der Waals surface area contributed by atoms with Crippen LogP contribution in [0.1, 0.15) is 43.9 Å². The number of fused-ring (bicyclic) bond motifs is 2. The standard InChI is InChI=1S/C22H25FN6O9/c1-10-11(36-20(32)35-10)8-34-19(31)28(3)6-4-5-13(30)37-17-21(2)22(17,33)7-12(38-21)29-9-25-14-15(24)26-18(23)27-16(14)29/h9,12,17,33H,4-8H2,1-3H3,(H2,24,26,27)/t12-,17?,21-,22-/m1/s1. The van der Waals surface area contributed by atoms with Crippen LogP contribution in [0.25, 0.3) is 11.2 Å². The van der Waals surface area contributed by atoms with Crippen LogP contribution >= 0.6 is 0 Å². The lowest BCUT2D eigenvalue weighted by Crippen LogP contribution is -2.29. The molecule has 0 aromatic carbocycles. The van der Waals surface area contributed by atoms with E-state index in [0.29, 0.717) is 0 Å². The summed E-state index contributed by atoms with van der Waals surface area (Å²) < 4.78 is 41.1. The average Bonchev–Trinajstić information content (AvgIpc) is 3.29. The first-order valence-corrected chi connectivity index (χ1v) is 11.7. The number of aryl methyl sites for hydroxylation is 1. The third-order valence-electron chi connectivity index (χ3n) is 6.91. The number of carbonyl (C=O) groups is 2. The lowest BCUT2D eigenvalue weighted by molar-refractivity contribution is -0.153. The lowest BCUT2D eigenvalue weighted by atomic mass is 10.2. The third-order valence-corrected chi connectivity index (χ3v) is 6.91. The van der Waals surface area contributed by atoms with Crippen molar-refractivity contribution in [2.45, 2.75) is 63.3 Å². The summed E-state index contributed by atoms with van der Waals surface area (Å²) in [5.41, 5.74) is 3.38. The minimum Gasteiger partial charge on any atom is -0.456 e. The molecule has 1 aliphatic heterocycles. The van der Waals surface area contributed by atoms with Gasteiger partial charge in [0.1, 0.15) is 17.4 Å². The molecule has 3 N–H and O–H groups in total. The van der Waals surface area contributed by atoms with Crippen LogP contribution in [-0.4, -0.2) is 72.5 Å². The summed E-state index contributed by atoms with van der Waals surface area (Å²) in [6.07, 6.45) is -1.69. The minimum atomic E-state index is -1.46. The van der Waals surface area contributed by atoms with Gasteiger partial charge in [-0.05, 0) is 20.3 Å². The van der Waals surface area contributed by atoms with Gasteiger partial charge in [-0.2, -0.15) is 14.4 Å². The average molecular weight is 536 g/mol. The van der Waals surface area contributed by atoms with E-state index in [1.807, 2.05) is 0 Å². The van der Waals surface area contributed by atoms with Crippen LogP contribution in [0.3, 0.4) is 0 Å². The van der Waals surface area contributed by atoms with Gasteiger partial charge in [0.15, 0.2) is 41.2 Å². The smallest absolute Gasteiger partial charge is 0.456 e. The third kappa shape index (κ3) is 4.24. The molecule has 0 radical (unpaired) electrons. The number of imidazole rings is 1. The molecule has 3 aromatic heterocycles. The first-order valence-electron chi connectivity index (χ1n) is 11.7. The number of aromatic nitrogens is 4. The van der Waals surface area contributed by atoms with E-state index in [1.54, 1.807) is 6.92 Å². The van der Waals surface area contributed by atoms with Gasteiger partial charge >= 0.3 is 24.0 Å². The summed E-state index contributed by atoms with van der Waals surface area (Å²) in [5.74, 6) is -1.25. The highest BCUT2D eigenvalue weighted by Crippen LogP contribution is 2.63. The zero-order valence-corrected chi connectivity index (χ0v) is 20.7. The van der Waals surface area contributed by atoms with E-state index in [-0.39, 0.29) is 60.9 Å². The quantitative estimate of drug-likeness (QED) is 0.303. The Morgan fingerprint density at radius 1 is 1.37 bits per heavy atom. The Morgan fingerprint density at radius 2 is 2.13 bits per heavy atom. The second-order valence-electron chi connectivity index (χ2n) is 9.39. The van der Waals surface area contributed by atoms with Crippen LogP contribution in [0.5, 0.6) is 0 Å². The van der Waals surface area contributed by atoms with Crippen molar-refractivity contribution >= 4 is 29.0 Å². The minimum absolute atomic E-state index is 0.0267. The summed E-state index contributed by atoms with van der Waals surface area (Å²) in [5, 5.41) is 11.1. The molecule has 0 spiro atoms. The van der Waals surface area contributed by atoms with Crippen LogP contribution in [0, 0.1) is 13.0 Å². The highest BCUT2D eigenvalue weighted by atomic mass is 19.1.